The zero-order valence-corrected chi connectivity index (χ0v) is 20.1. The molecule has 7 heteroatoms. The maximum Gasteiger partial charge on any atom is 0.191 e. The van der Waals surface area contributed by atoms with Gasteiger partial charge in [0.05, 0.1) is 19.8 Å². The average Bonchev–Trinajstić information content (AvgIpc) is 2.79. The van der Waals surface area contributed by atoms with E-state index in [0.29, 0.717) is 25.8 Å². The molecule has 1 aliphatic heterocycles. The Kier molecular flexibility index (Phi) is 11.0. The summed E-state index contributed by atoms with van der Waals surface area (Å²) in [6.45, 7) is 3.66. The van der Waals surface area contributed by atoms with Gasteiger partial charge in [-0.3, -0.25) is 4.99 Å². The van der Waals surface area contributed by atoms with Gasteiger partial charge in [0.25, 0.3) is 0 Å². The van der Waals surface area contributed by atoms with Crippen LogP contribution < -0.4 is 15.4 Å². The number of nitrogens with one attached hydrogen (secondary N) is 2. The van der Waals surface area contributed by atoms with Crippen LogP contribution in [0.1, 0.15) is 29.5 Å². The molecule has 164 valence electrons. The van der Waals surface area contributed by atoms with Crippen LogP contribution in [0, 0.1) is 0 Å². The number of hydrogen-bond acceptors (Lipinski definition) is 4. The largest absolute Gasteiger partial charge is 0.497 e. The first-order valence-electron chi connectivity index (χ1n) is 10.1. The maximum absolute atomic E-state index is 5.98. The van der Waals surface area contributed by atoms with Gasteiger partial charge in [0.2, 0.25) is 0 Å². The highest BCUT2D eigenvalue weighted by atomic mass is 127. The molecule has 30 heavy (non-hydrogen) atoms. The standard InChI is InChI=1S/C23H31N3O3.HI/c1-24-23(26-16-20-4-3-5-22(14-20)27-2)25-15-18-6-8-19(9-7-18)17-29-21-10-12-28-13-11-21;/h3-9,14,21H,10-13,15-17H2,1-2H3,(H2,24,25,26);1H. The third kappa shape index (κ3) is 8.12. The summed E-state index contributed by atoms with van der Waals surface area (Å²) in [5.41, 5.74) is 3.53. The van der Waals surface area contributed by atoms with Crippen molar-refractivity contribution in [1.82, 2.24) is 10.6 Å². The van der Waals surface area contributed by atoms with Crippen molar-refractivity contribution >= 4 is 29.9 Å². The number of ether oxygens (including phenoxy) is 3. The van der Waals surface area contributed by atoms with Crippen molar-refractivity contribution in [1.29, 1.82) is 0 Å². The fourth-order valence-electron chi connectivity index (χ4n) is 3.18. The van der Waals surface area contributed by atoms with Gasteiger partial charge < -0.3 is 24.8 Å². The molecular formula is C23H32IN3O3. The van der Waals surface area contributed by atoms with Gasteiger partial charge in [-0.25, -0.2) is 0 Å². The van der Waals surface area contributed by atoms with E-state index in [4.69, 9.17) is 14.2 Å². The predicted molar refractivity (Wildman–Crippen MR) is 131 cm³/mol. The highest BCUT2D eigenvalue weighted by molar-refractivity contribution is 14.0. The molecule has 1 heterocycles. The SMILES string of the molecule is CN=C(NCc1ccc(COC2CCOCC2)cc1)NCc1cccc(OC)c1.I. The van der Waals surface area contributed by atoms with E-state index in [9.17, 15) is 0 Å². The number of halogens is 1. The number of benzene rings is 2. The first-order valence-corrected chi connectivity index (χ1v) is 10.1. The van der Waals surface area contributed by atoms with Crippen molar-refractivity contribution in [2.45, 2.75) is 38.6 Å². The molecule has 2 aromatic rings. The first-order chi connectivity index (χ1) is 14.3. The molecule has 0 aromatic heterocycles. The van der Waals surface area contributed by atoms with Gasteiger partial charge in [-0.15, -0.1) is 24.0 Å². The van der Waals surface area contributed by atoms with E-state index < -0.39 is 0 Å². The second-order valence-corrected chi connectivity index (χ2v) is 7.07. The van der Waals surface area contributed by atoms with Crippen LogP contribution in [-0.2, 0) is 29.2 Å². The van der Waals surface area contributed by atoms with E-state index in [0.717, 1.165) is 43.3 Å². The van der Waals surface area contributed by atoms with Gasteiger partial charge in [0.15, 0.2) is 5.96 Å². The molecule has 0 spiro atoms. The maximum atomic E-state index is 5.98. The summed E-state index contributed by atoms with van der Waals surface area (Å²) < 4.78 is 16.6. The number of methoxy groups -OCH3 is 1. The quantitative estimate of drug-likeness (QED) is 0.311. The van der Waals surface area contributed by atoms with Crippen molar-refractivity contribution in [2.24, 2.45) is 4.99 Å². The smallest absolute Gasteiger partial charge is 0.191 e. The number of nitrogens with zero attached hydrogens (tertiary/aromatic N) is 1. The molecule has 0 unspecified atom stereocenters. The Morgan fingerprint density at radius 3 is 2.33 bits per heavy atom. The van der Waals surface area contributed by atoms with Crippen LogP contribution in [-0.4, -0.2) is 39.4 Å². The van der Waals surface area contributed by atoms with Gasteiger partial charge in [0.1, 0.15) is 5.75 Å². The highest BCUT2D eigenvalue weighted by Crippen LogP contribution is 2.14. The summed E-state index contributed by atoms with van der Waals surface area (Å²) >= 11 is 0. The van der Waals surface area contributed by atoms with Gasteiger partial charge >= 0.3 is 0 Å². The average molecular weight is 525 g/mol. The van der Waals surface area contributed by atoms with E-state index in [-0.39, 0.29) is 24.0 Å². The molecule has 2 N–H and O–H groups in total. The van der Waals surface area contributed by atoms with Crippen LogP contribution >= 0.6 is 24.0 Å². The molecule has 1 fully saturated rings. The van der Waals surface area contributed by atoms with E-state index in [1.54, 1.807) is 14.2 Å². The molecule has 1 saturated heterocycles. The van der Waals surface area contributed by atoms with Crippen LogP contribution in [0.15, 0.2) is 53.5 Å². The second-order valence-electron chi connectivity index (χ2n) is 7.07. The minimum atomic E-state index is 0. The summed E-state index contributed by atoms with van der Waals surface area (Å²) in [5, 5.41) is 6.68. The molecule has 0 aliphatic carbocycles. The van der Waals surface area contributed by atoms with Crippen molar-refractivity contribution in [2.75, 3.05) is 27.4 Å². The normalized spacial score (nSPS) is 14.7. The Morgan fingerprint density at radius 2 is 1.67 bits per heavy atom. The van der Waals surface area contributed by atoms with Crippen LogP contribution in [0.3, 0.4) is 0 Å². The summed E-state index contributed by atoms with van der Waals surface area (Å²) in [7, 11) is 3.45. The summed E-state index contributed by atoms with van der Waals surface area (Å²) in [4.78, 5) is 4.29. The highest BCUT2D eigenvalue weighted by Gasteiger charge is 2.13. The summed E-state index contributed by atoms with van der Waals surface area (Å²) in [6.07, 6.45) is 2.30. The zero-order chi connectivity index (χ0) is 20.3. The first kappa shape index (κ1) is 24.4. The fraction of sp³-hybridized carbons (Fsp3) is 0.435. The van der Waals surface area contributed by atoms with Crippen molar-refractivity contribution in [3.8, 4) is 5.75 Å². The topological polar surface area (TPSA) is 64.1 Å². The van der Waals surface area contributed by atoms with Gasteiger partial charge in [-0.05, 0) is 41.7 Å². The molecule has 0 atom stereocenters. The lowest BCUT2D eigenvalue weighted by Gasteiger charge is -2.22. The number of guanidine groups is 1. The van der Waals surface area contributed by atoms with E-state index in [1.807, 2.05) is 18.2 Å². The van der Waals surface area contributed by atoms with Crippen molar-refractivity contribution < 1.29 is 14.2 Å². The molecule has 0 bridgehead atoms. The molecule has 6 nitrogen and oxygen atoms in total. The van der Waals surface area contributed by atoms with Crippen LogP contribution in [0.5, 0.6) is 5.75 Å². The fourth-order valence-corrected chi connectivity index (χ4v) is 3.18. The lowest BCUT2D eigenvalue weighted by atomic mass is 10.1. The third-order valence-electron chi connectivity index (χ3n) is 4.95. The Bertz CT molecular complexity index is 778. The Morgan fingerprint density at radius 1 is 1.00 bits per heavy atom. The number of hydrogen-bond donors (Lipinski definition) is 2. The van der Waals surface area contributed by atoms with Crippen LogP contribution in [0.2, 0.25) is 0 Å². The Hall–Kier alpha value is -1.84. The van der Waals surface area contributed by atoms with E-state index in [1.165, 1.54) is 11.1 Å². The molecule has 2 aromatic carbocycles. The minimum Gasteiger partial charge on any atom is -0.497 e. The van der Waals surface area contributed by atoms with Gasteiger partial charge in [-0.2, -0.15) is 0 Å². The van der Waals surface area contributed by atoms with Gasteiger partial charge in [-0.1, -0.05) is 36.4 Å². The molecule has 0 radical (unpaired) electrons. The lowest BCUT2D eigenvalue weighted by molar-refractivity contribution is -0.0390. The second kappa shape index (κ2) is 13.5. The molecule has 0 saturated carbocycles. The number of aliphatic imine (C=N–C) groups is 1. The van der Waals surface area contributed by atoms with Gasteiger partial charge in [0, 0.05) is 33.4 Å². The molecule has 0 amide bonds. The number of rotatable bonds is 8. The van der Waals surface area contributed by atoms with Crippen LogP contribution in [0.4, 0.5) is 0 Å². The monoisotopic (exact) mass is 525 g/mol. The summed E-state index contributed by atoms with van der Waals surface area (Å²) in [5.74, 6) is 1.62. The molecular weight excluding hydrogens is 493 g/mol. The lowest BCUT2D eigenvalue weighted by Crippen LogP contribution is -2.36. The van der Waals surface area contributed by atoms with Crippen molar-refractivity contribution in [3.63, 3.8) is 0 Å². The minimum absolute atomic E-state index is 0. The Balaban J connectivity index is 0.00000320. The predicted octanol–water partition coefficient (Wildman–Crippen LogP) is 3.87. The third-order valence-corrected chi connectivity index (χ3v) is 4.95. The van der Waals surface area contributed by atoms with Crippen LogP contribution in [0.25, 0.3) is 0 Å². The molecule has 1 aliphatic rings. The Labute approximate surface area is 196 Å². The van der Waals surface area contributed by atoms with E-state index in [2.05, 4.69) is 46.0 Å². The molecule has 3 rings (SSSR count). The van der Waals surface area contributed by atoms with Crippen molar-refractivity contribution in [3.05, 3.63) is 65.2 Å². The zero-order valence-electron chi connectivity index (χ0n) is 17.7. The van der Waals surface area contributed by atoms with E-state index >= 15 is 0 Å². The summed E-state index contributed by atoms with van der Waals surface area (Å²) in [6, 6.07) is 16.5.